The van der Waals surface area contributed by atoms with Gasteiger partial charge in [0, 0.05) is 5.92 Å². The van der Waals surface area contributed by atoms with Gasteiger partial charge in [0.1, 0.15) is 18.5 Å². The van der Waals surface area contributed by atoms with E-state index in [0.29, 0.717) is 12.9 Å². The number of hydrogen-bond donors (Lipinski definition) is 0. The molecule has 0 aliphatic carbocycles. The second-order valence-electron chi connectivity index (χ2n) is 4.88. The molecule has 4 atom stereocenters. The number of ether oxygens (including phenoxy) is 4. The van der Waals surface area contributed by atoms with E-state index in [-0.39, 0.29) is 18.3 Å². The third-order valence-corrected chi connectivity index (χ3v) is 3.07. The fourth-order valence-corrected chi connectivity index (χ4v) is 2.37. The maximum Gasteiger partial charge on any atom is 0.306 e. The lowest BCUT2D eigenvalue weighted by Gasteiger charge is -2.22. The van der Waals surface area contributed by atoms with Crippen LogP contribution in [-0.4, -0.2) is 43.1 Å². The maximum atomic E-state index is 11.5. The van der Waals surface area contributed by atoms with E-state index in [1.807, 2.05) is 0 Å². The van der Waals surface area contributed by atoms with Crippen molar-refractivity contribution in [2.45, 2.75) is 51.5 Å². The highest BCUT2D eigenvalue weighted by molar-refractivity contribution is 5.71. The minimum Gasteiger partial charge on any atom is -0.466 e. The largest absolute Gasteiger partial charge is 0.466 e. The zero-order chi connectivity index (χ0) is 13.3. The van der Waals surface area contributed by atoms with Crippen LogP contribution < -0.4 is 0 Å². The van der Waals surface area contributed by atoms with Crippen molar-refractivity contribution in [1.82, 2.24) is 0 Å². The van der Waals surface area contributed by atoms with Gasteiger partial charge in [-0.05, 0) is 20.8 Å². The van der Waals surface area contributed by atoms with E-state index in [2.05, 4.69) is 0 Å². The van der Waals surface area contributed by atoms with Gasteiger partial charge in [-0.3, -0.25) is 4.79 Å². The molecule has 2 fully saturated rings. The van der Waals surface area contributed by atoms with Crippen LogP contribution >= 0.6 is 0 Å². The number of esters is 1. The third kappa shape index (κ3) is 2.55. The first-order valence-corrected chi connectivity index (χ1v) is 6.09. The molecule has 0 aromatic heterocycles. The summed E-state index contributed by atoms with van der Waals surface area (Å²) in [5.74, 6) is -1.46. The van der Waals surface area contributed by atoms with Crippen LogP contribution in [0.5, 0.6) is 0 Å². The van der Waals surface area contributed by atoms with E-state index in [1.165, 1.54) is 0 Å². The van der Waals surface area contributed by atoms with E-state index >= 15 is 0 Å². The molecule has 2 aliphatic heterocycles. The average molecular weight is 258 g/mol. The van der Waals surface area contributed by atoms with Crippen LogP contribution in [0.3, 0.4) is 0 Å². The van der Waals surface area contributed by atoms with E-state index in [9.17, 15) is 9.59 Å². The second-order valence-corrected chi connectivity index (χ2v) is 4.88. The second kappa shape index (κ2) is 4.95. The van der Waals surface area contributed by atoms with Gasteiger partial charge in [0.05, 0.1) is 13.0 Å². The summed E-state index contributed by atoms with van der Waals surface area (Å²) in [6.45, 7) is 5.59. The van der Waals surface area contributed by atoms with Crippen molar-refractivity contribution in [3.05, 3.63) is 0 Å². The lowest BCUT2D eigenvalue weighted by Crippen LogP contribution is -2.32. The number of aldehydes is 1. The summed E-state index contributed by atoms with van der Waals surface area (Å²) in [7, 11) is 0. The predicted octanol–water partition coefficient (Wildman–Crippen LogP) is 0.631. The summed E-state index contributed by atoms with van der Waals surface area (Å²) >= 11 is 0. The van der Waals surface area contributed by atoms with E-state index in [4.69, 9.17) is 18.9 Å². The molecule has 0 saturated carbocycles. The number of carbonyl (C=O) groups is 2. The first-order valence-electron chi connectivity index (χ1n) is 6.09. The SMILES string of the molecule is CCOC(=O)C[C@H]1[C@H]2OC(C)(C)O[C@H]2O[C@@H]1C=O. The predicted molar refractivity (Wildman–Crippen MR) is 59.5 cm³/mol. The van der Waals surface area contributed by atoms with Gasteiger partial charge in [0.25, 0.3) is 0 Å². The van der Waals surface area contributed by atoms with E-state index in [0.717, 1.165) is 0 Å². The summed E-state index contributed by atoms with van der Waals surface area (Å²) in [4.78, 5) is 22.5. The van der Waals surface area contributed by atoms with Crippen LogP contribution in [0, 0.1) is 5.92 Å². The topological polar surface area (TPSA) is 71.1 Å². The Balaban J connectivity index is 2.05. The standard InChI is InChI=1S/C12H18O6/c1-4-15-9(14)5-7-8(6-13)16-11-10(7)17-12(2,3)18-11/h6-8,10-11H,4-5H2,1-3H3/t7-,8-,10-,11-/m1/s1. The maximum absolute atomic E-state index is 11.5. The van der Waals surface area contributed by atoms with Gasteiger partial charge in [0.15, 0.2) is 12.1 Å². The highest BCUT2D eigenvalue weighted by Crippen LogP contribution is 2.41. The quantitative estimate of drug-likeness (QED) is 0.544. The van der Waals surface area contributed by atoms with Crippen LogP contribution in [0.25, 0.3) is 0 Å². The molecule has 0 spiro atoms. The Morgan fingerprint density at radius 3 is 2.72 bits per heavy atom. The van der Waals surface area contributed by atoms with Crippen LogP contribution in [-0.2, 0) is 28.5 Å². The normalized spacial score (nSPS) is 37.3. The van der Waals surface area contributed by atoms with Crippen LogP contribution in [0.1, 0.15) is 27.2 Å². The van der Waals surface area contributed by atoms with Gasteiger partial charge in [-0.1, -0.05) is 0 Å². The number of hydrogen-bond acceptors (Lipinski definition) is 6. The van der Waals surface area contributed by atoms with Crippen molar-refractivity contribution >= 4 is 12.3 Å². The monoisotopic (exact) mass is 258 g/mol. The van der Waals surface area contributed by atoms with Gasteiger partial charge < -0.3 is 23.7 Å². The molecule has 0 aromatic rings. The molecule has 2 rings (SSSR count). The fraction of sp³-hybridized carbons (Fsp3) is 0.833. The molecule has 18 heavy (non-hydrogen) atoms. The smallest absolute Gasteiger partial charge is 0.306 e. The summed E-state index contributed by atoms with van der Waals surface area (Å²) < 4.78 is 21.5. The highest BCUT2D eigenvalue weighted by atomic mass is 16.8. The lowest BCUT2D eigenvalue weighted by molar-refractivity contribution is -0.208. The fourth-order valence-electron chi connectivity index (χ4n) is 2.37. The van der Waals surface area contributed by atoms with Crippen molar-refractivity contribution in [3.63, 3.8) is 0 Å². The first kappa shape index (κ1) is 13.5. The van der Waals surface area contributed by atoms with Gasteiger partial charge in [-0.15, -0.1) is 0 Å². The Hall–Kier alpha value is -0.980. The Morgan fingerprint density at radius 1 is 1.39 bits per heavy atom. The summed E-state index contributed by atoms with van der Waals surface area (Å²) in [6, 6.07) is 0. The molecular formula is C12H18O6. The minimum atomic E-state index is -0.754. The zero-order valence-corrected chi connectivity index (χ0v) is 10.8. The molecule has 0 bridgehead atoms. The molecule has 0 N–H and O–H groups in total. The van der Waals surface area contributed by atoms with Crippen molar-refractivity contribution in [2.75, 3.05) is 6.61 Å². The van der Waals surface area contributed by atoms with Gasteiger partial charge >= 0.3 is 5.97 Å². The van der Waals surface area contributed by atoms with Crippen LogP contribution in [0.15, 0.2) is 0 Å². The van der Waals surface area contributed by atoms with Crippen molar-refractivity contribution in [1.29, 1.82) is 0 Å². The van der Waals surface area contributed by atoms with Crippen LogP contribution in [0.2, 0.25) is 0 Å². The Bertz CT molecular complexity index is 339. The number of fused-ring (bicyclic) bond motifs is 1. The van der Waals surface area contributed by atoms with E-state index < -0.39 is 24.3 Å². The zero-order valence-electron chi connectivity index (χ0n) is 10.8. The highest BCUT2D eigenvalue weighted by Gasteiger charge is 2.55. The van der Waals surface area contributed by atoms with Gasteiger partial charge in [-0.25, -0.2) is 0 Å². The average Bonchev–Trinajstić information content (AvgIpc) is 2.72. The molecule has 0 unspecified atom stereocenters. The van der Waals surface area contributed by atoms with Crippen molar-refractivity contribution < 1.29 is 28.5 Å². The Morgan fingerprint density at radius 2 is 2.11 bits per heavy atom. The van der Waals surface area contributed by atoms with E-state index in [1.54, 1.807) is 20.8 Å². The molecule has 0 amide bonds. The molecule has 2 heterocycles. The van der Waals surface area contributed by atoms with Crippen LogP contribution in [0.4, 0.5) is 0 Å². The molecule has 2 saturated heterocycles. The van der Waals surface area contributed by atoms with Crippen molar-refractivity contribution in [2.24, 2.45) is 5.92 Å². The molecular weight excluding hydrogens is 240 g/mol. The Kier molecular flexibility index (Phi) is 3.70. The molecule has 102 valence electrons. The molecule has 2 aliphatic rings. The summed E-state index contributed by atoms with van der Waals surface area (Å²) in [6.07, 6.45) is -0.894. The molecule has 6 heteroatoms. The summed E-state index contributed by atoms with van der Waals surface area (Å²) in [5.41, 5.74) is 0. The molecule has 0 aromatic carbocycles. The van der Waals surface area contributed by atoms with Gasteiger partial charge in [-0.2, -0.15) is 0 Å². The molecule has 6 nitrogen and oxygen atoms in total. The molecule has 0 radical (unpaired) electrons. The minimum absolute atomic E-state index is 0.0951. The van der Waals surface area contributed by atoms with Gasteiger partial charge in [0.2, 0.25) is 0 Å². The Labute approximate surface area is 106 Å². The first-order chi connectivity index (χ1) is 8.46. The number of carbonyl (C=O) groups excluding carboxylic acids is 2. The summed E-state index contributed by atoms with van der Waals surface area (Å²) in [5, 5.41) is 0. The third-order valence-electron chi connectivity index (χ3n) is 3.07. The van der Waals surface area contributed by atoms with Crippen molar-refractivity contribution in [3.8, 4) is 0 Å². The number of rotatable bonds is 4. The lowest BCUT2D eigenvalue weighted by atomic mass is 9.95.